The third kappa shape index (κ3) is 11.3. The van der Waals surface area contributed by atoms with Crippen LogP contribution >= 0.6 is 24.0 Å². The first-order valence-corrected chi connectivity index (χ1v) is 11.3. The van der Waals surface area contributed by atoms with Crippen LogP contribution in [0.4, 0.5) is 0 Å². The summed E-state index contributed by atoms with van der Waals surface area (Å²) in [6, 6.07) is 15.9. The molecule has 0 aliphatic rings. The van der Waals surface area contributed by atoms with E-state index in [0.717, 1.165) is 42.4 Å². The highest BCUT2D eigenvalue weighted by molar-refractivity contribution is 14.0. The maximum absolute atomic E-state index is 12.1. The molecule has 8 heteroatoms. The molecule has 2 aromatic carbocycles. The van der Waals surface area contributed by atoms with Crippen molar-refractivity contribution >= 4 is 35.8 Å². The van der Waals surface area contributed by atoms with Crippen LogP contribution in [0.2, 0.25) is 0 Å². The number of carbonyl (C=O) groups is 1. The number of guanidine groups is 1. The molecule has 0 saturated carbocycles. The number of ether oxygens (including phenoxy) is 2. The van der Waals surface area contributed by atoms with E-state index in [9.17, 15) is 4.79 Å². The summed E-state index contributed by atoms with van der Waals surface area (Å²) in [5, 5.41) is 9.39. The Kier molecular flexibility index (Phi) is 14.7. The monoisotopic (exact) mass is 568 g/mol. The Balaban J connectivity index is 0.00000544. The number of aliphatic imine (C=N–C) groups is 1. The highest BCUT2D eigenvalue weighted by atomic mass is 127. The average molecular weight is 569 g/mol. The van der Waals surface area contributed by atoms with Gasteiger partial charge < -0.3 is 25.4 Å². The van der Waals surface area contributed by atoms with Gasteiger partial charge in [-0.05, 0) is 49.9 Å². The molecule has 1 amide bonds. The highest BCUT2D eigenvalue weighted by Crippen LogP contribution is 2.28. The van der Waals surface area contributed by atoms with Crippen LogP contribution in [0.3, 0.4) is 0 Å². The van der Waals surface area contributed by atoms with E-state index in [2.05, 4.69) is 27.0 Å². The molecular weight excluding hydrogens is 531 g/mol. The Morgan fingerprint density at radius 2 is 1.76 bits per heavy atom. The predicted octanol–water partition coefficient (Wildman–Crippen LogP) is 3.91. The van der Waals surface area contributed by atoms with Gasteiger partial charge in [-0.3, -0.25) is 9.79 Å². The Morgan fingerprint density at radius 3 is 2.45 bits per heavy atom. The molecule has 0 aliphatic carbocycles. The van der Waals surface area contributed by atoms with Crippen molar-refractivity contribution in [1.29, 1.82) is 0 Å². The van der Waals surface area contributed by atoms with Gasteiger partial charge in [0.05, 0.1) is 13.7 Å². The van der Waals surface area contributed by atoms with Crippen molar-refractivity contribution in [1.82, 2.24) is 16.0 Å². The number of rotatable bonds is 13. The smallest absolute Gasteiger partial charge is 0.222 e. The van der Waals surface area contributed by atoms with Gasteiger partial charge in [-0.2, -0.15) is 0 Å². The molecule has 0 heterocycles. The molecule has 2 rings (SSSR count). The number of halogens is 1. The van der Waals surface area contributed by atoms with E-state index in [4.69, 9.17) is 9.47 Å². The first-order valence-electron chi connectivity index (χ1n) is 11.3. The number of nitrogens with zero attached hydrogens (tertiary/aromatic N) is 1. The van der Waals surface area contributed by atoms with Crippen molar-refractivity contribution in [2.24, 2.45) is 4.99 Å². The molecule has 0 unspecified atom stereocenters. The minimum atomic E-state index is 0. The van der Waals surface area contributed by atoms with Crippen molar-refractivity contribution in [2.75, 3.05) is 33.4 Å². The van der Waals surface area contributed by atoms with Gasteiger partial charge in [0.25, 0.3) is 0 Å². The summed E-state index contributed by atoms with van der Waals surface area (Å²) >= 11 is 0. The third-order valence-corrected chi connectivity index (χ3v) is 4.74. The fraction of sp³-hybridized carbons (Fsp3) is 0.440. The number of hydrogen-bond donors (Lipinski definition) is 3. The topological polar surface area (TPSA) is 84.0 Å². The second-order valence-electron chi connectivity index (χ2n) is 7.22. The van der Waals surface area contributed by atoms with Gasteiger partial charge in [0.15, 0.2) is 17.5 Å². The van der Waals surface area contributed by atoms with E-state index in [1.54, 1.807) is 7.11 Å². The summed E-state index contributed by atoms with van der Waals surface area (Å²) in [7, 11) is 1.65. The van der Waals surface area contributed by atoms with Crippen molar-refractivity contribution in [3.05, 3.63) is 59.7 Å². The lowest BCUT2D eigenvalue weighted by molar-refractivity contribution is -0.121. The van der Waals surface area contributed by atoms with Gasteiger partial charge in [-0.1, -0.05) is 36.4 Å². The van der Waals surface area contributed by atoms with Gasteiger partial charge in [0.1, 0.15) is 0 Å². The molecule has 0 saturated heterocycles. The largest absolute Gasteiger partial charge is 0.493 e. The zero-order chi connectivity index (χ0) is 23.0. The Morgan fingerprint density at radius 1 is 0.970 bits per heavy atom. The summed E-state index contributed by atoms with van der Waals surface area (Å²) < 4.78 is 11.0. The van der Waals surface area contributed by atoms with E-state index < -0.39 is 0 Å². The van der Waals surface area contributed by atoms with Gasteiger partial charge >= 0.3 is 0 Å². The van der Waals surface area contributed by atoms with Crippen LogP contribution in [0, 0.1) is 0 Å². The van der Waals surface area contributed by atoms with Crippen molar-refractivity contribution in [2.45, 2.75) is 39.7 Å². The molecule has 0 fully saturated rings. The maximum atomic E-state index is 12.1. The number of nitrogens with one attached hydrogen (secondary N) is 3. The summed E-state index contributed by atoms with van der Waals surface area (Å²) in [6.45, 7) is 7.12. The summed E-state index contributed by atoms with van der Waals surface area (Å²) in [5.41, 5.74) is 2.28. The van der Waals surface area contributed by atoms with Crippen LogP contribution in [-0.4, -0.2) is 45.2 Å². The number of methoxy groups -OCH3 is 1. The first kappa shape index (κ1) is 28.5. The lowest BCUT2D eigenvalue weighted by Gasteiger charge is -2.12. The molecule has 3 N–H and O–H groups in total. The van der Waals surface area contributed by atoms with Crippen molar-refractivity contribution < 1.29 is 14.3 Å². The van der Waals surface area contributed by atoms with E-state index in [-0.39, 0.29) is 29.9 Å². The predicted molar refractivity (Wildman–Crippen MR) is 145 cm³/mol. The Labute approximate surface area is 214 Å². The third-order valence-electron chi connectivity index (χ3n) is 4.74. The van der Waals surface area contributed by atoms with Crippen LogP contribution < -0.4 is 25.4 Å². The summed E-state index contributed by atoms with van der Waals surface area (Å²) in [5.74, 6) is 2.27. The van der Waals surface area contributed by atoms with Crippen LogP contribution in [0.5, 0.6) is 11.5 Å². The Bertz CT molecular complexity index is 847. The lowest BCUT2D eigenvalue weighted by atomic mass is 10.1. The van der Waals surface area contributed by atoms with Gasteiger partial charge in [0, 0.05) is 32.6 Å². The van der Waals surface area contributed by atoms with Crippen molar-refractivity contribution in [3.63, 3.8) is 0 Å². The van der Waals surface area contributed by atoms with Gasteiger partial charge in [-0.25, -0.2) is 0 Å². The van der Waals surface area contributed by atoms with E-state index in [1.165, 1.54) is 5.56 Å². The lowest BCUT2D eigenvalue weighted by Crippen LogP contribution is -2.39. The number of benzene rings is 2. The first-order chi connectivity index (χ1) is 15.7. The molecule has 7 nitrogen and oxygen atoms in total. The highest BCUT2D eigenvalue weighted by Gasteiger charge is 2.06. The normalized spacial score (nSPS) is 10.7. The van der Waals surface area contributed by atoms with Crippen molar-refractivity contribution in [3.8, 4) is 11.5 Å². The molecule has 0 aliphatic heterocycles. The molecule has 0 spiro atoms. The quantitative estimate of drug-likeness (QED) is 0.148. The molecule has 33 heavy (non-hydrogen) atoms. The molecule has 0 bridgehead atoms. The molecule has 0 atom stereocenters. The fourth-order valence-corrected chi connectivity index (χ4v) is 3.14. The fourth-order valence-electron chi connectivity index (χ4n) is 3.14. The second kappa shape index (κ2) is 17.0. The van der Waals surface area contributed by atoms with Gasteiger partial charge in [0.2, 0.25) is 5.91 Å². The van der Waals surface area contributed by atoms with Crippen LogP contribution in [0.15, 0.2) is 53.5 Å². The molecule has 2 aromatic rings. The van der Waals surface area contributed by atoms with Crippen LogP contribution in [0.25, 0.3) is 0 Å². The molecule has 0 radical (unpaired) electrons. The SMILES string of the molecule is CCNC(=NCCCc1ccc(OC)c(OCC)c1)NCCC(=O)NCc1ccccc1.I. The zero-order valence-electron chi connectivity index (χ0n) is 19.9. The minimum absolute atomic E-state index is 0. The van der Waals surface area contributed by atoms with Crippen LogP contribution in [-0.2, 0) is 17.8 Å². The second-order valence-corrected chi connectivity index (χ2v) is 7.22. The van der Waals surface area contributed by atoms with Crippen LogP contribution in [0.1, 0.15) is 37.8 Å². The van der Waals surface area contributed by atoms with E-state index in [1.807, 2.05) is 56.3 Å². The van der Waals surface area contributed by atoms with E-state index >= 15 is 0 Å². The number of amides is 1. The molecular formula is C25H37IN4O3. The minimum Gasteiger partial charge on any atom is -0.493 e. The number of aryl methyl sites for hydroxylation is 1. The Hall–Kier alpha value is -2.49. The van der Waals surface area contributed by atoms with Gasteiger partial charge in [-0.15, -0.1) is 24.0 Å². The number of hydrogen-bond acceptors (Lipinski definition) is 4. The molecule has 0 aromatic heterocycles. The summed E-state index contributed by atoms with van der Waals surface area (Å²) in [4.78, 5) is 16.7. The number of carbonyl (C=O) groups excluding carboxylic acids is 1. The maximum Gasteiger partial charge on any atom is 0.222 e. The zero-order valence-corrected chi connectivity index (χ0v) is 22.2. The standard InChI is InChI=1S/C25H36N4O3.HI/c1-4-26-25(28-17-15-24(30)29-19-21-10-7-6-8-11-21)27-16-9-12-20-13-14-22(31-3)23(18-20)32-5-2;/h6-8,10-11,13-14,18H,4-5,9,12,15-17,19H2,1-3H3,(H,29,30)(H2,26,27,28);1H. The molecule has 182 valence electrons. The summed E-state index contributed by atoms with van der Waals surface area (Å²) in [6.07, 6.45) is 2.20. The average Bonchev–Trinajstić information content (AvgIpc) is 2.81. The van der Waals surface area contributed by atoms with E-state index in [0.29, 0.717) is 32.7 Å².